The zero-order valence-electron chi connectivity index (χ0n) is 14.7. The van der Waals surface area contributed by atoms with Crippen LogP contribution in [0, 0.1) is 0 Å². The SMILES string of the molecule is CC(C)c1cccc(C(C)C)c1C(=O)NCCN1C=CC=CC1. The summed E-state index contributed by atoms with van der Waals surface area (Å²) in [6, 6.07) is 6.21. The predicted octanol–water partition coefficient (Wildman–Crippen LogP) is 4.05. The average Bonchev–Trinajstić information content (AvgIpc) is 2.54. The lowest BCUT2D eigenvalue weighted by Gasteiger charge is -2.22. The third kappa shape index (κ3) is 4.47. The molecule has 0 atom stereocenters. The van der Waals surface area contributed by atoms with Crippen LogP contribution in [0.4, 0.5) is 0 Å². The first-order chi connectivity index (χ1) is 11.0. The Hall–Kier alpha value is -2.03. The maximum atomic E-state index is 12.8. The van der Waals surface area contributed by atoms with Crippen molar-refractivity contribution < 1.29 is 4.79 Å². The highest BCUT2D eigenvalue weighted by molar-refractivity contribution is 5.97. The van der Waals surface area contributed by atoms with E-state index in [4.69, 9.17) is 0 Å². The lowest BCUT2D eigenvalue weighted by atomic mass is 9.88. The Morgan fingerprint density at radius 3 is 2.30 bits per heavy atom. The molecule has 0 radical (unpaired) electrons. The highest BCUT2D eigenvalue weighted by Crippen LogP contribution is 2.27. The molecule has 0 aromatic heterocycles. The van der Waals surface area contributed by atoms with Gasteiger partial charge in [-0.25, -0.2) is 0 Å². The van der Waals surface area contributed by atoms with E-state index in [0.717, 1.165) is 29.8 Å². The van der Waals surface area contributed by atoms with E-state index in [-0.39, 0.29) is 5.91 Å². The Balaban J connectivity index is 2.08. The van der Waals surface area contributed by atoms with Crippen LogP contribution < -0.4 is 5.32 Å². The van der Waals surface area contributed by atoms with E-state index in [9.17, 15) is 4.79 Å². The van der Waals surface area contributed by atoms with Crippen LogP contribution in [0.2, 0.25) is 0 Å². The normalized spacial score (nSPS) is 13.9. The predicted molar refractivity (Wildman–Crippen MR) is 96.8 cm³/mol. The Kier molecular flexibility index (Phi) is 6.03. The van der Waals surface area contributed by atoms with Gasteiger partial charge in [-0.15, -0.1) is 0 Å². The summed E-state index contributed by atoms with van der Waals surface area (Å²) in [7, 11) is 0. The van der Waals surface area contributed by atoms with Gasteiger partial charge in [0, 0.05) is 25.2 Å². The highest BCUT2D eigenvalue weighted by atomic mass is 16.1. The van der Waals surface area contributed by atoms with E-state index in [1.54, 1.807) is 0 Å². The number of carbonyl (C=O) groups is 1. The average molecular weight is 312 g/mol. The van der Waals surface area contributed by atoms with Gasteiger partial charge in [0.25, 0.3) is 5.91 Å². The fourth-order valence-electron chi connectivity index (χ4n) is 2.89. The van der Waals surface area contributed by atoms with E-state index in [2.05, 4.69) is 68.4 Å². The maximum absolute atomic E-state index is 12.8. The van der Waals surface area contributed by atoms with Gasteiger partial charge in [0.05, 0.1) is 0 Å². The molecule has 0 saturated carbocycles. The number of hydrogen-bond donors (Lipinski definition) is 1. The van der Waals surface area contributed by atoms with E-state index in [1.807, 2.05) is 12.2 Å². The standard InChI is InChI=1S/C20H28N2O/c1-15(2)17-9-8-10-18(16(3)4)19(17)20(23)21-11-14-22-12-6-5-7-13-22/h5-10,12,15-16H,11,13-14H2,1-4H3,(H,21,23). The second kappa shape index (κ2) is 8.00. The molecule has 0 fully saturated rings. The zero-order valence-corrected chi connectivity index (χ0v) is 14.7. The molecule has 0 spiro atoms. The number of benzene rings is 1. The molecule has 1 N–H and O–H groups in total. The molecule has 3 heteroatoms. The van der Waals surface area contributed by atoms with Crippen molar-refractivity contribution in [2.75, 3.05) is 19.6 Å². The van der Waals surface area contributed by atoms with Crippen LogP contribution in [0.3, 0.4) is 0 Å². The van der Waals surface area contributed by atoms with Gasteiger partial charge in [-0.1, -0.05) is 58.0 Å². The minimum atomic E-state index is 0.0505. The van der Waals surface area contributed by atoms with Crippen LogP contribution in [-0.4, -0.2) is 30.4 Å². The molecular weight excluding hydrogens is 284 g/mol. The monoisotopic (exact) mass is 312 g/mol. The molecular formula is C20H28N2O. The van der Waals surface area contributed by atoms with Crippen molar-refractivity contribution in [3.8, 4) is 0 Å². The van der Waals surface area contributed by atoms with Crippen molar-refractivity contribution in [3.63, 3.8) is 0 Å². The molecule has 1 amide bonds. The van der Waals surface area contributed by atoms with Crippen LogP contribution in [0.5, 0.6) is 0 Å². The van der Waals surface area contributed by atoms with Crippen molar-refractivity contribution in [2.24, 2.45) is 0 Å². The molecule has 1 heterocycles. The number of amides is 1. The summed E-state index contributed by atoms with van der Waals surface area (Å²) in [6.07, 6.45) is 8.25. The summed E-state index contributed by atoms with van der Waals surface area (Å²) in [4.78, 5) is 15.0. The number of nitrogens with zero attached hydrogens (tertiary/aromatic N) is 1. The van der Waals surface area contributed by atoms with E-state index in [0.29, 0.717) is 18.4 Å². The Morgan fingerprint density at radius 1 is 1.13 bits per heavy atom. The summed E-state index contributed by atoms with van der Waals surface area (Å²) in [5.41, 5.74) is 3.13. The second-order valence-corrected chi connectivity index (χ2v) is 6.64. The molecule has 0 bridgehead atoms. The number of allylic oxidation sites excluding steroid dienone is 2. The highest BCUT2D eigenvalue weighted by Gasteiger charge is 2.19. The van der Waals surface area contributed by atoms with Gasteiger partial charge in [0.15, 0.2) is 0 Å². The number of nitrogens with one attached hydrogen (secondary N) is 1. The van der Waals surface area contributed by atoms with E-state index in [1.165, 1.54) is 0 Å². The van der Waals surface area contributed by atoms with Gasteiger partial charge in [-0.3, -0.25) is 4.79 Å². The molecule has 2 rings (SSSR count). The third-order valence-corrected chi connectivity index (χ3v) is 4.17. The Bertz CT molecular complexity index is 573. The van der Waals surface area contributed by atoms with Crippen molar-refractivity contribution >= 4 is 5.91 Å². The summed E-state index contributed by atoms with van der Waals surface area (Å²) in [6.45, 7) is 10.9. The van der Waals surface area contributed by atoms with Gasteiger partial charge in [0.1, 0.15) is 0 Å². The quantitative estimate of drug-likeness (QED) is 0.859. The Morgan fingerprint density at radius 2 is 1.78 bits per heavy atom. The second-order valence-electron chi connectivity index (χ2n) is 6.64. The molecule has 1 aromatic carbocycles. The fourth-order valence-corrected chi connectivity index (χ4v) is 2.89. The Labute approximate surface area is 140 Å². The molecule has 1 aliphatic heterocycles. The first-order valence-corrected chi connectivity index (χ1v) is 8.49. The van der Waals surface area contributed by atoms with Gasteiger partial charge >= 0.3 is 0 Å². The molecule has 0 saturated heterocycles. The number of carbonyl (C=O) groups excluding carboxylic acids is 1. The fraction of sp³-hybridized carbons (Fsp3) is 0.450. The minimum absolute atomic E-state index is 0.0505. The summed E-state index contributed by atoms with van der Waals surface area (Å²) < 4.78 is 0. The van der Waals surface area contributed by atoms with Gasteiger partial charge < -0.3 is 10.2 Å². The number of rotatable bonds is 6. The van der Waals surface area contributed by atoms with E-state index >= 15 is 0 Å². The third-order valence-electron chi connectivity index (χ3n) is 4.17. The lowest BCUT2D eigenvalue weighted by Crippen LogP contribution is -2.34. The van der Waals surface area contributed by atoms with Crippen molar-refractivity contribution in [1.82, 2.24) is 10.2 Å². The molecule has 1 aromatic rings. The largest absolute Gasteiger partial charge is 0.372 e. The smallest absolute Gasteiger partial charge is 0.251 e. The molecule has 23 heavy (non-hydrogen) atoms. The van der Waals surface area contributed by atoms with Crippen LogP contribution in [0.15, 0.2) is 42.6 Å². The molecule has 124 valence electrons. The summed E-state index contributed by atoms with van der Waals surface area (Å²) >= 11 is 0. The van der Waals surface area contributed by atoms with Crippen molar-refractivity contribution in [1.29, 1.82) is 0 Å². The zero-order chi connectivity index (χ0) is 16.8. The van der Waals surface area contributed by atoms with Gasteiger partial charge in [0.2, 0.25) is 0 Å². The maximum Gasteiger partial charge on any atom is 0.251 e. The van der Waals surface area contributed by atoms with Gasteiger partial charge in [-0.2, -0.15) is 0 Å². The van der Waals surface area contributed by atoms with Crippen molar-refractivity contribution in [3.05, 3.63) is 59.3 Å². The van der Waals surface area contributed by atoms with Crippen LogP contribution in [0.25, 0.3) is 0 Å². The number of hydrogen-bond acceptors (Lipinski definition) is 2. The van der Waals surface area contributed by atoms with Crippen LogP contribution in [-0.2, 0) is 0 Å². The van der Waals surface area contributed by atoms with Crippen LogP contribution in [0.1, 0.15) is 61.0 Å². The van der Waals surface area contributed by atoms with Crippen LogP contribution >= 0.6 is 0 Å². The molecule has 0 unspecified atom stereocenters. The molecule has 1 aliphatic rings. The molecule has 3 nitrogen and oxygen atoms in total. The molecule has 0 aliphatic carbocycles. The summed E-state index contributed by atoms with van der Waals surface area (Å²) in [5, 5.41) is 3.10. The van der Waals surface area contributed by atoms with Gasteiger partial charge in [-0.05, 0) is 35.2 Å². The first kappa shape index (κ1) is 17.3. The minimum Gasteiger partial charge on any atom is -0.372 e. The topological polar surface area (TPSA) is 32.3 Å². The first-order valence-electron chi connectivity index (χ1n) is 8.49. The van der Waals surface area contributed by atoms with Crippen molar-refractivity contribution in [2.45, 2.75) is 39.5 Å². The van der Waals surface area contributed by atoms with E-state index < -0.39 is 0 Å². The lowest BCUT2D eigenvalue weighted by molar-refractivity contribution is 0.0948. The summed E-state index contributed by atoms with van der Waals surface area (Å²) in [5.74, 6) is 0.726.